The minimum atomic E-state index is -0.0353. The van der Waals surface area contributed by atoms with Crippen molar-refractivity contribution >= 4 is 0 Å². The Bertz CT molecular complexity index is 765. The molecule has 5 nitrogen and oxygen atoms in total. The van der Waals surface area contributed by atoms with E-state index >= 15 is 0 Å². The summed E-state index contributed by atoms with van der Waals surface area (Å²) in [7, 11) is 0. The van der Waals surface area contributed by atoms with Crippen molar-refractivity contribution in [1.82, 2.24) is 9.78 Å². The number of phenols is 3. The Labute approximate surface area is 115 Å². The molecule has 3 rings (SSSR count). The second-order valence-corrected chi connectivity index (χ2v) is 4.35. The second-order valence-electron chi connectivity index (χ2n) is 4.35. The van der Waals surface area contributed by atoms with Crippen molar-refractivity contribution in [3.63, 3.8) is 0 Å². The first-order chi connectivity index (χ1) is 9.65. The number of aromatic nitrogens is 2. The highest BCUT2D eigenvalue weighted by Crippen LogP contribution is 2.33. The number of rotatable bonds is 2. The van der Waals surface area contributed by atoms with Crippen molar-refractivity contribution in [2.24, 2.45) is 0 Å². The fourth-order valence-corrected chi connectivity index (χ4v) is 2.07. The number of aromatic hydroxyl groups is 3. The first-order valence-electron chi connectivity index (χ1n) is 6.01. The first kappa shape index (κ1) is 12.1. The maximum Gasteiger partial charge on any atom is 0.128 e. The molecule has 100 valence electrons. The molecular formula is C15H12N2O3. The van der Waals surface area contributed by atoms with Crippen LogP contribution in [0, 0.1) is 0 Å². The summed E-state index contributed by atoms with van der Waals surface area (Å²) in [6, 6.07) is 12.8. The lowest BCUT2D eigenvalue weighted by atomic mass is 10.1. The van der Waals surface area contributed by atoms with Crippen molar-refractivity contribution in [3.8, 4) is 34.2 Å². The summed E-state index contributed by atoms with van der Waals surface area (Å²) in [6.07, 6.45) is 1.60. The maximum absolute atomic E-state index is 9.94. The quantitative estimate of drug-likeness (QED) is 0.667. The van der Waals surface area contributed by atoms with Gasteiger partial charge in [0.2, 0.25) is 0 Å². The zero-order valence-electron chi connectivity index (χ0n) is 10.4. The van der Waals surface area contributed by atoms with Gasteiger partial charge in [-0.25, -0.2) is 4.68 Å². The van der Waals surface area contributed by atoms with E-state index in [1.807, 2.05) is 0 Å². The van der Waals surface area contributed by atoms with Crippen molar-refractivity contribution in [3.05, 3.63) is 54.7 Å². The summed E-state index contributed by atoms with van der Waals surface area (Å²) >= 11 is 0. The van der Waals surface area contributed by atoms with Gasteiger partial charge in [-0.15, -0.1) is 0 Å². The molecule has 0 bridgehead atoms. The minimum absolute atomic E-state index is 0.00493. The van der Waals surface area contributed by atoms with Crippen LogP contribution < -0.4 is 0 Å². The lowest BCUT2D eigenvalue weighted by molar-refractivity contribution is 0.451. The Morgan fingerprint density at radius 2 is 1.65 bits per heavy atom. The number of benzene rings is 2. The molecule has 0 saturated heterocycles. The van der Waals surface area contributed by atoms with Gasteiger partial charge in [0.05, 0.1) is 17.6 Å². The van der Waals surface area contributed by atoms with Gasteiger partial charge in [-0.05, 0) is 30.3 Å². The van der Waals surface area contributed by atoms with Crippen LogP contribution in [0.15, 0.2) is 54.7 Å². The molecule has 3 aromatic rings. The third-order valence-corrected chi connectivity index (χ3v) is 2.97. The van der Waals surface area contributed by atoms with E-state index < -0.39 is 0 Å². The smallest absolute Gasteiger partial charge is 0.128 e. The van der Waals surface area contributed by atoms with Crippen molar-refractivity contribution in [2.75, 3.05) is 0 Å². The van der Waals surface area contributed by atoms with Gasteiger partial charge in [0, 0.05) is 17.7 Å². The normalized spacial score (nSPS) is 10.6. The van der Waals surface area contributed by atoms with E-state index in [1.54, 1.807) is 47.3 Å². The van der Waals surface area contributed by atoms with Crippen LogP contribution in [0.2, 0.25) is 0 Å². The molecule has 5 heteroatoms. The molecule has 1 heterocycles. The number of phenolic OH excluding ortho intramolecular Hbond substituents is 3. The lowest BCUT2D eigenvalue weighted by Crippen LogP contribution is -1.98. The van der Waals surface area contributed by atoms with Gasteiger partial charge in [-0.3, -0.25) is 0 Å². The highest BCUT2D eigenvalue weighted by atomic mass is 16.3. The van der Waals surface area contributed by atoms with E-state index in [0.29, 0.717) is 16.9 Å². The molecule has 0 unspecified atom stereocenters. The van der Waals surface area contributed by atoms with E-state index in [4.69, 9.17) is 0 Å². The summed E-state index contributed by atoms with van der Waals surface area (Å²) < 4.78 is 1.60. The van der Waals surface area contributed by atoms with Crippen molar-refractivity contribution in [1.29, 1.82) is 0 Å². The predicted molar refractivity (Wildman–Crippen MR) is 74.0 cm³/mol. The molecule has 1 aromatic heterocycles. The largest absolute Gasteiger partial charge is 0.508 e. The second kappa shape index (κ2) is 4.62. The molecule has 0 aliphatic rings. The topological polar surface area (TPSA) is 78.5 Å². The zero-order chi connectivity index (χ0) is 14.1. The van der Waals surface area contributed by atoms with Gasteiger partial charge in [0.15, 0.2) is 0 Å². The summed E-state index contributed by atoms with van der Waals surface area (Å²) in [5, 5.41) is 33.0. The molecule has 0 atom stereocenters. The summed E-state index contributed by atoms with van der Waals surface area (Å²) in [5.74, 6) is 0.0976. The fourth-order valence-electron chi connectivity index (χ4n) is 2.07. The molecule has 3 N–H and O–H groups in total. The van der Waals surface area contributed by atoms with Gasteiger partial charge >= 0.3 is 0 Å². The van der Waals surface area contributed by atoms with E-state index in [0.717, 1.165) is 0 Å². The summed E-state index contributed by atoms with van der Waals surface area (Å²) in [5.41, 5.74) is 1.88. The SMILES string of the molecule is Oc1cccc(-n2nccc2-c2ccc(O)cc2O)c1. The van der Waals surface area contributed by atoms with Crippen LogP contribution in [-0.2, 0) is 0 Å². The molecule has 0 radical (unpaired) electrons. The van der Waals surface area contributed by atoms with Gasteiger partial charge in [-0.2, -0.15) is 5.10 Å². The summed E-state index contributed by atoms with van der Waals surface area (Å²) in [6.45, 7) is 0. The van der Waals surface area contributed by atoms with Crippen LogP contribution in [0.1, 0.15) is 0 Å². The van der Waals surface area contributed by atoms with Crippen LogP contribution in [0.4, 0.5) is 0 Å². The van der Waals surface area contributed by atoms with Gasteiger partial charge < -0.3 is 15.3 Å². The molecule has 2 aromatic carbocycles. The number of hydrogen-bond donors (Lipinski definition) is 3. The van der Waals surface area contributed by atoms with Crippen LogP contribution in [0.25, 0.3) is 16.9 Å². The highest BCUT2D eigenvalue weighted by molar-refractivity contribution is 5.69. The Kier molecular flexibility index (Phi) is 2.80. The third-order valence-electron chi connectivity index (χ3n) is 2.97. The van der Waals surface area contributed by atoms with Gasteiger partial charge in [0.25, 0.3) is 0 Å². The van der Waals surface area contributed by atoms with Gasteiger partial charge in [-0.1, -0.05) is 6.07 Å². The molecule has 0 saturated carbocycles. The molecule has 0 aliphatic carbocycles. The Morgan fingerprint density at radius 1 is 0.850 bits per heavy atom. The standard InChI is InChI=1S/C15H12N2O3/c18-11-3-1-2-10(8-11)17-14(6-7-16-17)13-5-4-12(19)9-15(13)20/h1-9,18-20H. The van der Waals surface area contributed by atoms with E-state index in [1.165, 1.54) is 12.1 Å². The van der Waals surface area contributed by atoms with E-state index in [2.05, 4.69) is 5.10 Å². The fraction of sp³-hybridized carbons (Fsp3) is 0. The third kappa shape index (κ3) is 2.05. The van der Waals surface area contributed by atoms with Crippen LogP contribution in [-0.4, -0.2) is 25.1 Å². The molecule has 0 spiro atoms. The number of hydrogen-bond acceptors (Lipinski definition) is 4. The minimum Gasteiger partial charge on any atom is -0.508 e. The van der Waals surface area contributed by atoms with Gasteiger partial charge in [0.1, 0.15) is 17.2 Å². The molecule has 0 fully saturated rings. The Hall–Kier alpha value is -2.95. The first-order valence-corrected chi connectivity index (χ1v) is 6.01. The lowest BCUT2D eigenvalue weighted by Gasteiger charge is -2.09. The Morgan fingerprint density at radius 3 is 2.40 bits per heavy atom. The monoisotopic (exact) mass is 268 g/mol. The molecular weight excluding hydrogens is 256 g/mol. The molecule has 0 aliphatic heterocycles. The van der Waals surface area contributed by atoms with Crippen molar-refractivity contribution < 1.29 is 15.3 Å². The Balaban J connectivity index is 2.15. The van der Waals surface area contributed by atoms with Crippen LogP contribution in [0.5, 0.6) is 17.2 Å². The van der Waals surface area contributed by atoms with E-state index in [9.17, 15) is 15.3 Å². The van der Waals surface area contributed by atoms with E-state index in [-0.39, 0.29) is 17.2 Å². The molecule has 0 amide bonds. The summed E-state index contributed by atoms with van der Waals surface area (Å²) in [4.78, 5) is 0. The zero-order valence-corrected chi connectivity index (χ0v) is 10.4. The number of nitrogens with zero attached hydrogens (tertiary/aromatic N) is 2. The van der Waals surface area contributed by atoms with Crippen LogP contribution in [0.3, 0.4) is 0 Å². The average molecular weight is 268 g/mol. The average Bonchev–Trinajstić information content (AvgIpc) is 2.87. The molecule has 20 heavy (non-hydrogen) atoms. The predicted octanol–water partition coefficient (Wildman–Crippen LogP) is 2.66. The maximum atomic E-state index is 9.94. The van der Waals surface area contributed by atoms with Crippen molar-refractivity contribution in [2.45, 2.75) is 0 Å². The van der Waals surface area contributed by atoms with Crippen LogP contribution >= 0.6 is 0 Å². The highest BCUT2D eigenvalue weighted by Gasteiger charge is 2.12.